The highest BCUT2D eigenvalue weighted by Gasteiger charge is 2.27. The van der Waals surface area contributed by atoms with Crippen LogP contribution in [0.25, 0.3) is 0 Å². The number of amides is 1. The van der Waals surface area contributed by atoms with Gasteiger partial charge in [-0.3, -0.25) is 9.59 Å². The molecule has 0 aliphatic heterocycles. The van der Waals surface area contributed by atoms with Gasteiger partial charge in [0.2, 0.25) is 16.1 Å². The van der Waals surface area contributed by atoms with E-state index in [4.69, 9.17) is 27.9 Å². The van der Waals surface area contributed by atoms with Gasteiger partial charge in [-0.25, -0.2) is 13.1 Å². The Morgan fingerprint density at radius 2 is 1.62 bits per heavy atom. The van der Waals surface area contributed by atoms with Crippen molar-refractivity contribution in [1.82, 2.24) is 9.62 Å². The van der Waals surface area contributed by atoms with Crippen LogP contribution in [0.3, 0.4) is 0 Å². The van der Waals surface area contributed by atoms with Gasteiger partial charge in [0.25, 0.3) is 5.91 Å². The van der Waals surface area contributed by atoms with Crippen LogP contribution in [-0.4, -0.2) is 45.8 Å². The average Bonchev–Trinajstić information content (AvgIpc) is 2.65. The molecule has 0 bridgehead atoms. The molecule has 2 aromatic carbocycles. The monoisotopic (exact) mass is 458 g/mol. The van der Waals surface area contributed by atoms with Crippen LogP contribution in [0.1, 0.15) is 18.1 Å². The number of hydrogen-bond acceptors (Lipinski definition) is 5. The molecule has 2 aromatic rings. The molecule has 1 atom stereocenters. The first-order valence-corrected chi connectivity index (χ1v) is 10.8. The molecule has 29 heavy (non-hydrogen) atoms. The van der Waals surface area contributed by atoms with Crippen molar-refractivity contribution >= 4 is 45.1 Å². The fraction of sp³-hybridized carbons (Fsp3) is 0.263. The van der Waals surface area contributed by atoms with E-state index >= 15 is 0 Å². The summed E-state index contributed by atoms with van der Waals surface area (Å²) in [4.78, 5) is 25.7. The van der Waals surface area contributed by atoms with Crippen LogP contribution in [0, 0.1) is 0 Å². The lowest BCUT2D eigenvalue weighted by molar-refractivity contribution is -0.159. The Labute approximate surface area is 179 Å². The van der Waals surface area contributed by atoms with Crippen molar-refractivity contribution in [2.24, 2.45) is 0 Å². The van der Waals surface area contributed by atoms with Crippen LogP contribution in [0.15, 0.2) is 53.4 Å². The molecule has 2 rings (SSSR count). The van der Waals surface area contributed by atoms with Gasteiger partial charge < -0.3 is 9.64 Å². The number of likely N-dealkylation sites (N-methyl/N-ethyl adjacent to an activating group) is 1. The van der Waals surface area contributed by atoms with E-state index in [0.717, 1.165) is 0 Å². The van der Waals surface area contributed by atoms with Gasteiger partial charge in [0.1, 0.15) is 4.90 Å². The molecule has 0 radical (unpaired) electrons. The van der Waals surface area contributed by atoms with E-state index in [0.29, 0.717) is 5.56 Å². The fourth-order valence-corrected chi connectivity index (χ4v) is 4.58. The van der Waals surface area contributed by atoms with E-state index in [9.17, 15) is 18.0 Å². The van der Waals surface area contributed by atoms with Crippen LogP contribution in [0.2, 0.25) is 10.0 Å². The van der Waals surface area contributed by atoms with E-state index in [1.807, 2.05) is 0 Å². The lowest BCUT2D eigenvalue weighted by Gasteiger charge is -2.21. The van der Waals surface area contributed by atoms with E-state index < -0.39 is 28.0 Å². The second-order valence-corrected chi connectivity index (χ2v) is 8.73. The van der Waals surface area contributed by atoms with Gasteiger partial charge in [-0.2, -0.15) is 0 Å². The third-order valence-corrected chi connectivity index (χ3v) is 6.24. The SMILES string of the molecule is CN(C)C(=O)C(OC(=O)CCNS(=O)(=O)c1c(Cl)cccc1Cl)c1ccccc1. The minimum Gasteiger partial charge on any atom is -0.447 e. The van der Waals surface area contributed by atoms with Crippen molar-refractivity contribution in [3.8, 4) is 0 Å². The Kier molecular flexibility index (Phi) is 8.04. The van der Waals surface area contributed by atoms with Crippen LogP contribution in [0.5, 0.6) is 0 Å². The normalized spacial score (nSPS) is 12.3. The van der Waals surface area contributed by atoms with E-state index in [-0.39, 0.29) is 27.9 Å². The Hall–Kier alpha value is -2.13. The number of hydrogen-bond donors (Lipinski definition) is 1. The van der Waals surface area contributed by atoms with Crippen molar-refractivity contribution < 1.29 is 22.7 Å². The lowest BCUT2D eigenvalue weighted by Crippen LogP contribution is -2.32. The summed E-state index contributed by atoms with van der Waals surface area (Å²) in [5.74, 6) is -1.14. The van der Waals surface area contributed by atoms with E-state index in [1.165, 1.54) is 23.1 Å². The average molecular weight is 459 g/mol. The van der Waals surface area contributed by atoms with Gasteiger partial charge in [-0.1, -0.05) is 59.6 Å². The second-order valence-electron chi connectivity index (χ2n) is 6.21. The molecule has 0 aromatic heterocycles. The standard InChI is InChI=1S/C19H20Cl2N2O5S/c1-23(2)19(25)17(13-7-4-3-5-8-13)28-16(24)11-12-22-29(26,27)18-14(20)9-6-10-15(18)21/h3-10,17,22H,11-12H2,1-2H3. The van der Waals surface area contributed by atoms with Crippen LogP contribution >= 0.6 is 23.2 Å². The Morgan fingerprint density at radius 1 is 1.03 bits per heavy atom. The highest BCUT2D eigenvalue weighted by Crippen LogP contribution is 2.28. The molecule has 0 aliphatic rings. The summed E-state index contributed by atoms with van der Waals surface area (Å²) < 4.78 is 32.4. The molecule has 0 saturated heterocycles. The molecular weight excluding hydrogens is 439 g/mol. The maximum atomic E-state index is 12.4. The predicted molar refractivity (Wildman–Crippen MR) is 110 cm³/mol. The molecule has 0 spiro atoms. The summed E-state index contributed by atoms with van der Waals surface area (Å²) >= 11 is 11.8. The molecule has 1 amide bonds. The van der Waals surface area contributed by atoms with Crippen LogP contribution in [0.4, 0.5) is 0 Å². The highest BCUT2D eigenvalue weighted by atomic mass is 35.5. The van der Waals surface area contributed by atoms with Gasteiger partial charge in [-0.15, -0.1) is 0 Å². The number of nitrogens with one attached hydrogen (secondary N) is 1. The molecule has 0 fully saturated rings. The largest absolute Gasteiger partial charge is 0.447 e. The first-order valence-electron chi connectivity index (χ1n) is 8.52. The molecule has 1 N–H and O–H groups in total. The van der Waals surface area contributed by atoms with Gasteiger partial charge in [0, 0.05) is 26.2 Å². The third kappa shape index (κ3) is 6.17. The van der Waals surface area contributed by atoms with E-state index in [1.54, 1.807) is 44.4 Å². The van der Waals surface area contributed by atoms with Crippen LogP contribution < -0.4 is 4.72 Å². The number of ether oxygens (including phenoxy) is 1. The third-order valence-electron chi connectivity index (χ3n) is 3.83. The molecule has 156 valence electrons. The van der Waals surface area contributed by atoms with Crippen molar-refractivity contribution in [1.29, 1.82) is 0 Å². The topological polar surface area (TPSA) is 92.8 Å². The second kappa shape index (κ2) is 10.1. The predicted octanol–water partition coefficient (Wildman–Crippen LogP) is 3.03. The van der Waals surface area contributed by atoms with Gasteiger partial charge in [0.15, 0.2) is 0 Å². The summed E-state index contributed by atoms with van der Waals surface area (Å²) in [5, 5.41) is -0.0680. The number of esters is 1. The first-order chi connectivity index (χ1) is 13.6. The molecule has 0 aliphatic carbocycles. The number of nitrogens with zero attached hydrogens (tertiary/aromatic N) is 1. The first kappa shape index (κ1) is 23.2. The maximum absolute atomic E-state index is 12.4. The molecule has 7 nitrogen and oxygen atoms in total. The maximum Gasteiger partial charge on any atom is 0.308 e. The number of benzene rings is 2. The Morgan fingerprint density at radius 3 is 2.17 bits per heavy atom. The zero-order valence-electron chi connectivity index (χ0n) is 15.8. The van der Waals surface area contributed by atoms with Crippen molar-refractivity contribution in [3.05, 3.63) is 64.1 Å². The van der Waals surface area contributed by atoms with Crippen molar-refractivity contribution in [2.45, 2.75) is 17.4 Å². The number of carbonyl (C=O) groups excluding carboxylic acids is 2. The lowest BCUT2D eigenvalue weighted by atomic mass is 10.1. The van der Waals surface area contributed by atoms with Crippen molar-refractivity contribution in [3.63, 3.8) is 0 Å². The smallest absolute Gasteiger partial charge is 0.308 e. The summed E-state index contributed by atoms with van der Waals surface area (Å²) in [6.45, 7) is -0.250. The van der Waals surface area contributed by atoms with Gasteiger partial charge >= 0.3 is 5.97 Å². The van der Waals surface area contributed by atoms with Gasteiger partial charge in [0.05, 0.1) is 16.5 Å². The molecule has 0 saturated carbocycles. The number of rotatable bonds is 8. The summed E-state index contributed by atoms with van der Waals surface area (Å²) in [5.41, 5.74) is 0.517. The number of carbonyl (C=O) groups is 2. The zero-order chi connectivity index (χ0) is 21.6. The zero-order valence-corrected chi connectivity index (χ0v) is 18.1. The van der Waals surface area contributed by atoms with E-state index in [2.05, 4.69) is 4.72 Å². The summed E-state index contributed by atoms with van der Waals surface area (Å²) in [6.07, 6.45) is -1.40. The number of halogens is 2. The molecule has 10 heteroatoms. The number of sulfonamides is 1. The Bertz CT molecular complexity index is 961. The molecular formula is C19H20Cl2N2O5S. The quantitative estimate of drug-likeness (QED) is 0.613. The Balaban J connectivity index is 2.03. The summed E-state index contributed by atoms with van der Waals surface area (Å²) in [7, 11) is -0.926. The summed E-state index contributed by atoms with van der Waals surface area (Å²) in [6, 6.07) is 12.9. The molecule has 0 heterocycles. The van der Waals surface area contributed by atoms with Crippen LogP contribution in [-0.2, 0) is 24.3 Å². The highest BCUT2D eigenvalue weighted by molar-refractivity contribution is 7.89. The fourth-order valence-electron chi connectivity index (χ4n) is 2.41. The minimum atomic E-state index is -4.02. The minimum absolute atomic E-state index is 0.0340. The molecule has 1 unspecified atom stereocenters. The van der Waals surface area contributed by atoms with Crippen molar-refractivity contribution in [2.75, 3.05) is 20.6 Å². The van der Waals surface area contributed by atoms with Gasteiger partial charge in [-0.05, 0) is 12.1 Å².